The first kappa shape index (κ1) is 22.9. The Morgan fingerprint density at radius 1 is 1.15 bits per heavy atom. The van der Waals surface area contributed by atoms with Crippen LogP contribution in [0, 0.1) is 6.92 Å². The molecule has 1 amide bonds. The highest BCUT2D eigenvalue weighted by Gasteiger charge is 2.34. The summed E-state index contributed by atoms with van der Waals surface area (Å²) in [5, 5.41) is 9.37. The van der Waals surface area contributed by atoms with Gasteiger partial charge in [-0.3, -0.25) is 4.79 Å². The first-order valence-corrected chi connectivity index (χ1v) is 12.6. The van der Waals surface area contributed by atoms with Gasteiger partial charge in [-0.2, -0.15) is 5.10 Å². The lowest BCUT2D eigenvalue weighted by Gasteiger charge is -2.21. The van der Waals surface area contributed by atoms with Gasteiger partial charge in [0.15, 0.2) is 9.84 Å². The zero-order chi connectivity index (χ0) is 23.6. The molecule has 1 aliphatic rings. The molecule has 4 rings (SSSR count). The molecule has 3 aromatic rings. The van der Waals surface area contributed by atoms with E-state index < -0.39 is 9.84 Å². The molecule has 0 spiro atoms. The van der Waals surface area contributed by atoms with Crippen LogP contribution >= 0.6 is 0 Å². The van der Waals surface area contributed by atoms with Crippen molar-refractivity contribution in [1.29, 1.82) is 0 Å². The summed E-state index contributed by atoms with van der Waals surface area (Å²) < 4.78 is 28.9. The normalized spacial score (nSPS) is 17.1. The number of nitrogens with one attached hydrogen (secondary N) is 1. The molecule has 0 radical (unpaired) electrons. The Kier molecular flexibility index (Phi) is 6.49. The summed E-state index contributed by atoms with van der Waals surface area (Å²) in [6.45, 7) is 4.04. The van der Waals surface area contributed by atoms with Crippen LogP contribution in [0.2, 0.25) is 0 Å². The predicted molar refractivity (Wildman–Crippen MR) is 127 cm³/mol. The second-order valence-corrected chi connectivity index (χ2v) is 10.3. The van der Waals surface area contributed by atoms with Gasteiger partial charge >= 0.3 is 0 Å². The summed E-state index contributed by atoms with van der Waals surface area (Å²) in [7, 11) is -3.25. The van der Waals surface area contributed by atoms with E-state index in [1.165, 1.54) is 11.3 Å². The zero-order valence-corrected chi connectivity index (χ0v) is 19.7. The van der Waals surface area contributed by atoms with E-state index in [0.717, 1.165) is 22.4 Å². The van der Waals surface area contributed by atoms with Crippen LogP contribution in [0.3, 0.4) is 0 Å². The molecular formula is C25H27N3O4S. The average molecular weight is 466 g/mol. The molecule has 172 valence electrons. The van der Waals surface area contributed by atoms with E-state index in [1.54, 1.807) is 30.5 Å². The van der Waals surface area contributed by atoms with Crippen LogP contribution in [0.4, 0.5) is 0 Å². The highest BCUT2D eigenvalue weighted by Crippen LogP contribution is 2.33. The van der Waals surface area contributed by atoms with Gasteiger partial charge in [0.1, 0.15) is 11.8 Å². The van der Waals surface area contributed by atoms with Gasteiger partial charge in [-0.05, 0) is 49.2 Å². The molecule has 0 saturated carbocycles. The lowest BCUT2D eigenvalue weighted by Crippen LogP contribution is -2.36. The Hall–Kier alpha value is -3.23. The molecule has 33 heavy (non-hydrogen) atoms. The third-order valence-electron chi connectivity index (χ3n) is 5.79. The van der Waals surface area contributed by atoms with E-state index in [-0.39, 0.29) is 29.4 Å². The number of benzene rings is 2. The summed E-state index contributed by atoms with van der Waals surface area (Å²) in [4.78, 5) is 13.4. The molecule has 1 aliphatic heterocycles. The first-order valence-electron chi connectivity index (χ1n) is 10.8. The number of amides is 1. The smallest absolute Gasteiger partial charge is 0.257 e. The van der Waals surface area contributed by atoms with E-state index in [9.17, 15) is 13.2 Å². The molecular weight excluding hydrogens is 438 g/mol. The maximum absolute atomic E-state index is 13.1. The monoisotopic (exact) mass is 465 g/mol. The van der Waals surface area contributed by atoms with Crippen molar-refractivity contribution in [2.75, 3.05) is 12.8 Å². The first-order chi connectivity index (χ1) is 15.7. The summed E-state index contributed by atoms with van der Waals surface area (Å²) >= 11 is 0. The van der Waals surface area contributed by atoms with Crippen molar-refractivity contribution in [3.63, 3.8) is 0 Å². The molecule has 1 N–H and O–H groups in total. The molecule has 1 aromatic heterocycles. The third-order valence-corrected chi connectivity index (χ3v) is 6.92. The van der Waals surface area contributed by atoms with E-state index in [4.69, 9.17) is 4.42 Å². The van der Waals surface area contributed by atoms with Gasteiger partial charge in [0.25, 0.3) is 5.91 Å². The SMILES string of the molecule is Cc1ccc(C2=NN(C(=O)CNC(C)c3ccc(S(C)(=O)=O)cc3)C(c3ccco3)C2)cc1. The van der Waals surface area contributed by atoms with Gasteiger partial charge in [-0.15, -0.1) is 0 Å². The standard InChI is InChI=1S/C25H27N3O4S/c1-17-6-8-20(9-7-17)22-15-23(24-5-4-14-32-24)28(27-22)25(29)16-26-18(2)19-10-12-21(13-11-19)33(3,30)31/h4-14,18,23,26H,15-16H2,1-3H3. The number of aryl methyl sites for hydroxylation is 1. The number of hydrogen-bond donors (Lipinski definition) is 1. The lowest BCUT2D eigenvalue weighted by molar-refractivity contribution is -0.132. The van der Waals surface area contributed by atoms with E-state index in [1.807, 2.05) is 50.2 Å². The molecule has 0 saturated heterocycles. The summed E-state index contributed by atoms with van der Waals surface area (Å²) in [6, 6.07) is 18.0. The highest BCUT2D eigenvalue weighted by atomic mass is 32.2. The minimum atomic E-state index is -3.25. The molecule has 8 heteroatoms. The summed E-state index contributed by atoms with van der Waals surface area (Å²) in [5.41, 5.74) is 3.88. The average Bonchev–Trinajstić information content (AvgIpc) is 3.47. The van der Waals surface area contributed by atoms with Crippen LogP contribution in [-0.2, 0) is 14.6 Å². The Balaban J connectivity index is 1.48. The number of carbonyl (C=O) groups excluding carboxylic acids is 1. The highest BCUT2D eigenvalue weighted by molar-refractivity contribution is 7.90. The topological polar surface area (TPSA) is 92.0 Å². The number of sulfone groups is 1. The maximum Gasteiger partial charge on any atom is 0.257 e. The minimum Gasteiger partial charge on any atom is -0.467 e. The molecule has 7 nitrogen and oxygen atoms in total. The Morgan fingerprint density at radius 3 is 2.45 bits per heavy atom. The van der Waals surface area contributed by atoms with Crippen molar-refractivity contribution < 1.29 is 17.6 Å². The fourth-order valence-electron chi connectivity index (χ4n) is 3.81. The Bertz CT molecular complexity index is 1250. The molecule has 2 aromatic carbocycles. The fraction of sp³-hybridized carbons (Fsp3) is 0.280. The van der Waals surface area contributed by atoms with E-state index in [0.29, 0.717) is 12.2 Å². The molecule has 2 unspecified atom stereocenters. The van der Waals surface area contributed by atoms with Crippen molar-refractivity contribution >= 4 is 21.5 Å². The van der Waals surface area contributed by atoms with Gasteiger partial charge < -0.3 is 9.73 Å². The fourth-order valence-corrected chi connectivity index (χ4v) is 4.44. The lowest BCUT2D eigenvalue weighted by atomic mass is 10.0. The molecule has 0 bridgehead atoms. The Morgan fingerprint density at radius 2 is 1.85 bits per heavy atom. The van der Waals surface area contributed by atoms with Crippen LogP contribution in [0.1, 0.15) is 47.9 Å². The van der Waals surface area contributed by atoms with Crippen LogP contribution in [0.15, 0.2) is 81.3 Å². The molecule has 2 atom stereocenters. The van der Waals surface area contributed by atoms with Crippen LogP contribution < -0.4 is 5.32 Å². The summed E-state index contributed by atoms with van der Waals surface area (Å²) in [5.74, 6) is 0.525. The molecule has 0 fully saturated rings. The van der Waals surface area contributed by atoms with Gasteiger partial charge in [0.2, 0.25) is 0 Å². The second-order valence-electron chi connectivity index (χ2n) is 8.33. The largest absolute Gasteiger partial charge is 0.467 e. The van der Waals surface area contributed by atoms with Crippen molar-refractivity contribution in [1.82, 2.24) is 10.3 Å². The van der Waals surface area contributed by atoms with E-state index >= 15 is 0 Å². The van der Waals surface area contributed by atoms with Crippen molar-refractivity contribution in [2.24, 2.45) is 5.10 Å². The second kappa shape index (κ2) is 9.33. The number of hydrogen-bond acceptors (Lipinski definition) is 6. The van der Waals surface area contributed by atoms with E-state index in [2.05, 4.69) is 10.4 Å². The molecule has 0 aliphatic carbocycles. The van der Waals surface area contributed by atoms with Gasteiger partial charge in [-0.25, -0.2) is 13.4 Å². The summed E-state index contributed by atoms with van der Waals surface area (Å²) in [6.07, 6.45) is 3.35. The van der Waals surface area contributed by atoms with Crippen molar-refractivity contribution in [2.45, 2.75) is 37.2 Å². The van der Waals surface area contributed by atoms with Gasteiger partial charge in [-0.1, -0.05) is 42.0 Å². The third kappa shape index (κ3) is 5.23. The van der Waals surface area contributed by atoms with Gasteiger partial charge in [0, 0.05) is 18.7 Å². The van der Waals surface area contributed by atoms with Gasteiger partial charge in [0.05, 0.1) is 23.4 Å². The van der Waals surface area contributed by atoms with Crippen LogP contribution in [0.5, 0.6) is 0 Å². The Labute approximate surface area is 194 Å². The zero-order valence-electron chi connectivity index (χ0n) is 18.9. The minimum absolute atomic E-state index is 0.0802. The molecule has 2 heterocycles. The van der Waals surface area contributed by atoms with Crippen molar-refractivity contribution in [3.8, 4) is 0 Å². The number of hydrazone groups is 1. The van der Waals surface area contributed by atoms with Crippen LogP contribution in [0.25, 0.3) is 0 Å². The number of nitrogens with zero attached hydrogens (tertiary/aromatic N) is 2. The number of furan rings is 1. The van der Waals surface area contributed by atoms with Crippen LogP contribution in [-0.4, -0.2) is 37.8 Å². The van der Waals surface area contributed by atoms with Crippen molar-refractivity contribution in [3.05, 3.63) is 89.4 Å². The predicted octanol–water partition coefficient (Wildman–Crippen LogP) is 4.02. The number of rotatable bonds is 7. The quantitative estimate of drug-likeness (QED) is 0.569. The number of carbonyl (C=O) groups is 1. The maximum atomic E-state index is 13.1.